The van der Waals surface area contributed by atoms with Gasteiger partial charge in [0.15, 0.2) is 5.58 Å². The number of furan rings is 1. The molecule has 0 radical (unpaired) electrons. The van der Waals surface area contributed by atoms with Crippen molar-refractivity contribution in [2.45, 2.75) is 12.8 Å². The second-order valence-corrected chi connectivity index (χ2v) is 3.88. The smallest absolute Gasteiger partial charge is 0.157 e. The molecule has 0 saturated heterocycles. The SMILES string of the molecule is NC1=Cc2c(oc3c(N)cccc23)CC1. The number of hydrogen-bond acceptors (Lipinski definition) is 3. The average Bonchev–Trinajstić information content (AvgIpc) is 2.58. The van der Waals surface area contributed by atoms with E-state index in [1.165, 1.54) is 0 Å². The van der Waals surface area contributed by atoms with E-state index in [0.29, 0.717) is 5.69 Å². The molecule has 1 aromatic heterocycles. The molecule has 0 amide bonds. The molecule has 0 saturated carbocycles. The molecule has 0 aliphatic heterocycles. The van der Waals surface area contributed by atoms with Crippen molar-refractivity contribution in [2.24, 2.45) is 5.73 Å². The molecule has 4 N–H and O–H groups in total. The van der Waals surface area contributed by atoms with Crippen molar-refractivity contribution in [3.05, 3.63) is 35.2 Å². The van der Waals surface area contributed by atoms with Crippen LogP contribution in [0.4, 0.5) is 5.69 Å². The molecule has 76 valence electrons. The Bertz CT molecular complexity index is 566. The lowest BCUT2D eigenvalue weighted by Gasteiger charge is -2.07. The molecule has 15 heavy (non-hydrogen) atoms. The van der Waals surface area contributed by atoms with Crippen LogP contribution in [-0.4, -0.2) is 0 Å². The van der Waals surface area contributed by atoms with E-state index in [4.69, 9.17) is 15.9 Å². The number of rotatable bonds is 0. The molecule has 3 heteroatoms. The molecule has 0 bridgehead atoms. The summed E-state index contributed by atoms with van der Waals surface area (Å²) in [7, 11) is 0. The minimum Gasteiger partial charge on any atom is -0.458 e. The summed E-state index contributed by atoms with van der Waals surface area (Å²) in [6.07, 6.45) is 3.72. The van der Waals surface area contributed by atoms with Crippen LogP contribution in [0.2, 0.25) is 0 Å². The van der Waals surface area contributed by atoms with Crippen LogP contribution in [-0.2, 0) is 6.42 Å². The third-order valence-corrected chi connectivity index (χ3v) is 2.83. The Kier molecular flexibility index (Phi) is 1.57. The first kappa shape index (κ1) is 8.41. The third-order valence-electron chi connectivity index (χ3n) is 2.83. The van der Waals surface area contributed by atoms with E-state index in [9.17, 15) is 0 Å². The van der Waals surface area contributed by atoms with Gasteiger partial charge in [-0.25, -0.2) is 0 Å². The van der Waals surface area contributed by atoms with Gasteiger partial charge in [-0.3, -0.25) is 0 Å². The standard InChI is InChI=1S/C12H12N2O/c13-7-4-5-11-9(6-7)8-2-1-3-10(14)12(8)15-11/h1-3,6H,4-5,13-14H2. The van der Waals surface area contributed by atoms with Gasteiger partial charge in [0.1, 0.15) is 5.76 Å². The molecule has 0 fully saturated rings. The normalized spacial score (nSPS) is 15.1. The third kappa shape index (κ3) is 1.13. The second kappa shape index (κ2) is 2.79. The molecular formula is C12H12N2O. The first-order chi connectivity index (χ1) is 7.25. The van der Waals surface area contributed by atoms with Crippen LogP contribution in [0.3, 0.4) is 0 Å². The summed E-state index contributed by atoms with van der Waals surface area (Å²) in [5.74, 6) is 0.997. The van der Waals surface area contributed by atoms with E-state index in [1.54, 1.807) is 0 Å². The molecule has 3 nitrogen and oxygen atoms in total. The highest BCUT2D eigenvalue weighted by molar-refractivity contribution is 5.95. The van der Waals surface area contributed by atoms with Crippen LogP contribution in [0.15, 0.2) is 28.3 Å². The quantitative estimate of drug-likeness (QED) is 0.641. The summed E-state index contributed by atoms with van der Waals surface area (Å²) >= 11 is 0. The van der Waals surface area contributed by atoms with E-state index in [-0.39, 0.29) is 0 Å². The Hall–Kier alpha value is -1.90. The second-order valence-electron chi connectivity index (χ2n) is 3.88. The first-order valence-corrected chi connectivity index (χ1v) is 5.01. The van der Waals surface area contributed by atoms with Gasteiger partial charge >= 0.3 is 0 Å². The molecule has 1 aromatic carbocycles. The number of allylic oxidation sites excluding steroid dienone is 1. The zero-order chi connectivity index (χ0) is 10.4. The van der Waals surface area contributed by atoms with Crippen LogP contribution >= 0.6 is 0 Å². The number of fused-ring (bicyclic) bond motifs is 3. The molecule has 0 unspecified atom stereocenters. The summed E-state index contributed by atoms with van der Waals surface area (Å²) in [6, 6.07) is 5.81. The van der Waals surface area contributed by atoms with Crippen LogP contribution in [0, 0.1) is 0 Å². The van der Waals surface area contributed by atoms with Crippen LogP contribution < -0.4 is 11.5 Å². The van der Waals surface area contributed by atoms with E-state index < -0.39 is 0 Å². The van der Waals surface area contributed by atoms with Crippen LogP contribution in [0.25, 0.3) is 17.0 Å². The Morgan fingerprint density at radius 3 is 2.87 bits per heavy atom. The fraction of sp³-hybridized carbons (Fsp3) is 0.167. The molecule has 3 rings (SSSR count). The van der Waals surface area contributed by atoms with E-state index in [2.05, 4.69) is 0 Å². The molecule has 0 spiro atoms. The van der Waals surface area contributed by atoms with Gasteiger partial charge in [-0.2, -0.15) is 0 Å². The number of nitrogens with two attached hydrogens (primary N) is 2. The number of hydrogen-bond donors (Lipinski definition) is 2. The van der Waals surface area contributed by atoms with E-state index >= 15 is 0 Å². The van der Waals surface area contributed by atoms with Crippen molar-refractivity contribution in [2.75, 3.05) is 5.73 Å². The van der Waals surface area contributed by atoms with Crippen LogP contribution in [0.5, 0.6) is 0 Å². The van der Waals surface area contributed by atoms with Gasteiger partial charge in [-0.1, -0.05) is 12.1 Å². The van der Waals surface area contributed by atoms with Gasteiger partial charge in [0.05, 0.1) is 5.69 Å². The van der Waals surface area contributed by atoms with Crippen molar-refractivity contribution in [3.63, 3.8) is 0 Å². The largest absolute Gasteiger partial charge is 0.458 e. The van der Waals surface area contributed by atoms with Crippen molar-refractivity contribution in [1.82, 2.24) is 0 Å². The van der Waals surface area contributed by atoms with Gasteiger partial charge in [0.25, 0.3) is 0 Å². The predicted octanol–water partition coefficient (Wildman–Crippen LogP) is 2.26. The Morgan fingerprint density at radius 1 is 1.13 bits per heavy atom. The summed E-state index contributed by atoms with van der Waals surface area (Å²) in [5, 5.41) is 1.06. The molecule has 1 heterocycles. The Balaban J connectivity index is 2.39. The average molecular weight is 200 g/mol. The van der Waals surface area contributed by atoms with E-state index in [1.807, 2.05) is 24.3 Å². The summed E-state index contributed by atoms with van der Waals surface area (Å²) in [6.45, 7) is 0. The Morgan fingerprint density at radius 2 is 2.00 bits per heavy atom. The number of para-hydroxylation sites is 1. The topological polar surface area (TPSA) is 65.2 Å². The highest BCUT2D eigenvalue weighted by Gasteiger charge is 2.17. The molecule has 1 aliphatic carbocycles. The van der Waals surface area contributed by atoms with Gasteiger partial charge < -0.3 is 15.9 Å². The van der Waals surface area contributed by atoms with Crippen molar-refractivity contribution in [3.8, 4) is 0 Å². The maximum absolute atomic E-state index is 5.86. The van der Waals surface area contributed by atoms with Gasteiger partial charge in [0.2, 0.25) is 0 Å². The molecular weight excluding hydrogens is 188 g/mol. The first-order valence-electron chi connectivity index (χ1n) is 5.01. The van der Waals surface area contributed by atoms with Crippen LogP contribution in [0.1, 0.15) is 17.7 Å². The predicted molar refractivity (Wildman–Crippen MR) is 61.1 cm³/mol. The van der Waals surface area contributed by atoms with Gasteiger partial charge in [-0.05, 0) is 18.6 Å². The zero-order valence-electron chi connectivity index (χ0n) is 8.29. The molecule has 0 atom stereocenters. The highest BCUT2D eigenvalue weighted by atomic mass is 16.3. The number of nitrogen functional groups attached to an aromatic ring is 1. The lowest BCUT2D eigenvalue weighted by Crippen LogP contribution is -2.03. The zero-order valence-corrected chi connectivity index (χ0v) is 8.29. The summed E-state index contributed by atoms with van der Waals surface area (Å²) in [5.41, 5.74) is 15.2. The maximum Gasteiger partial charge on any atom is 0.157 e. The monoisotopic (exact) mass is 200 g/mol. The molecule has 2 aromatic rings. The lowest BCUT2D eigenvalue weighted by molar-refractivity contribution is 0.543. The fourth-order valence-corrected chi connectivity index (χ4v) is 2.07. The molecule has 1 aliphatic rings. The maximum atomic E-state index is 5.86. The number of benzene rings is 1. The van der Waals surface area contributed by atoms with Crippen molar-refractivity contribution in [1.29, 1.82) is 0 Å². The van der Waals surface area contributed by atoms with Crippen molar-refractivity contribution < 1.29 is 4.42 Å². The van der Waals surface area contributed by atoms with Gasteiger partial charge in [0, 0.05) is 23.1 Å². The van der Waals surface area contributed by atoms with Gasteiger partial charge in [-0.15, -0.1) is 0 Å². The van der Waals surface area contributed by atoms with Crippen molar-refractivity contribution >= 4 is 22.7 Å². The lowest BCUT2D eigenvalue weighted by atomic mass is 10.0. The number of anilines is 1. The fourth-order valence-electron chi connectivity index (χ4n) is 2.07. The summed E-state index contributed by atoms with van der Waals surface area (Å²) in [4.78, 5) is 0. The number of aryl methyl sites for hydroxylation is 1. The Labute approximate surface area is 87.4 Å². The van der Waals surface area contributed by atoms with E-state index in [0.717, 1.165) is 40.8 Å². The minimum atomic E-state index is 0.689. The minimum absolute atomic E-state index is 0.689. The summed E-state index contributed by atoms with van der Waals surface area (Å²) < 4.78 is 5.74. The highest BCUT2D eigenvalue weighted by Crippen LogP contribution is 2.34.